The zero-order valence-corrected chi connectivity index (χ0v) is 10.4. The number of carboxylic acid groups (broad SMARTS) is 2. The largest absolute Gasteiger partial charge is 2.00 e. The molecule has 0 aliphatic rings. The van der Waals surface area contributed by atoms with Gasteiger partial charge in [-0.1, -0.05) is 24.3 Å². The van der Waals surface area contributed by atoms with Crippen molar-refractivity contribution >= 4 is 49.7 Å². The van der Waals surface area contributed by atoms with Gasteiger partial charge in [-0.3, -0.25) is 0 Å². The summed E-state index contributed by atoms with van der Waals surface area (Å²) in [5, 5.41) is 20.4. The van der Waals surface area contributed by atoms with Crippen LogP contribution in [0.1, 0.15) is 20.7 Å². The molecule has 16 heavy (non-hydrogen) atoms. The van der Waals surface area contributed by atoms with Crippen LogP contribution in [0.25, 0.3) is 0 Å². The third-order valence-corrected chi connectivity index (χ3v) is 1.36. The Labute approximate surface area is 121 Å². The molecule has 0 saturated heterocycles. The first kappa shape index (κ1) is 24.5. The molecule has 1 aromatic carbocycles. The van der Waals surface area contributed by atoms with Gasteiger partial charge in [-0.15, -0.1) is 0 Å². The topological polar surface area (TPSA) is 175 Å². The third kappa shape index (κ3) is 6.72. The Kier molecular flexibility index (Phi) is 16.5. The molecule has 86 valence electrons. The second-order valence-corrected chi connectivity index (χ2v) is 2.15. The van der Waals surface area contributed by atoms with Crippen molar-refractivity contribution in [2.24, 2.45) is 0 Å². The van der Waals surface area contributed by atoms with Gasteiger partial charge in [0.05, 0.1) is 11.9 Å². The molecule has 6 N–H and O–H groups in total. The van der Waals surface area contributed by atoms with Gasteiger partial charge in [-0.05, 0) is 11.1 Å². The standard InChI is InChI=1S/C8H6O4.Ca.3H2O/c9-7(10)5-1-2-6(4-3-5)8(11)12;;;;/h1-4H,(H,9,10)(H,11,12);;3*1H2/q;+2;;;/p-2. The summed E-state index contributed by atoms with van der Waals surface area (Å²) in [5.74, 6) is -2.67. The molecule has 0 amide bonds. The summed E-state index contributed by atoms with van der Waals surface area (Å²) in [6, 6.07) is 4.61. The van der Waals surface area contributed by atoms with Gasteiger partial charge in [0.25, 0.3) is 0 Å². The van der Waals surface area contributed by atoms with Crippen LogP contribution in [0.3, 0.4) is 0 Å². The predicted molar refractivity (Wildman–Crippen MR) is 51.7 cm³/mol. The fourth-order valence-corrected chi connectivity index (χ4v) is 0.742. The van der Waals surface area contributed by atoms with E-state index in [0.717, 1.165) is 24.3 Å². The van der Waals surface area contributed by atoms with Crippen molar-refractivity contribution in [2.75, 3.05) is 0 Å². The number of benzene rings is 1. The molecule has 8 heteroatoms. The SMILES string of the molecule is O.O.O.O=C([O-])c1ccc(C(=O)[O-])cc1.[Ca+2]. The van der Waals surface area contributed by atoms with Crippen molar-refractivity contribution in [1.29, 1.82) is 0 Å². The minimum atomic E-state index is -1.33. The van der Waals surface area contributed by atoms with Crippen molar-refractivity contribution in [2.45, 2.75) is 0 Å². The second kappa shape index (κ2) is 10.8. The van der Waals surface area contributed by atoms with Crippen LogP contribution in [0.5, 0.6) is 0 Å². The molecule has 1 aromatic rings. The summed E-state index contributed by atoms with van der Waals surface area (Å²) in [4.78, 5) is 20.4. The minimum absolute atomic E-state index is 0. The van der Waals surface area contributed by atoms with Gasteiger partial charge in [0.15, 0.2) is 0 Å². The molecule has 7 nitrogen and oxygen atoms in total. The Morgan fingerprint density at radius 3 is 1.06 bits per heavy atom. The Balaban J connectivity index is -0.000000180. The Morgan fingerprint density at radius 2 is 0.938 bits per heavy atom. The van der Waals surface area contributed by atoms with E-state index >= 15 is 0 Å². The van der Waals surface area contributed by atoms with Crippen molar-refractivity contribution in [3.63, 3.8) is 0 Å². The molecule has 0 saturated carbocycles. The van der Waals surface area contributed by atoms with E-state index in [1.165, 1.54) is 0 Å². The monoisotopic (exact) mass is 258 g/mol. The van der Waals surface area contributed by atoms with Crippen LogP contribution in [0.4, 0.5) is 0 Å². The molecule has 0 unspecified atom stereocenters. The summed E-state index contributed by atoms with van der Waals surface area (Å²) in [6.45, 7) is 0. The quantitative estimate of drug-likeness (QED) is 0.486. The summed E-state index contributed by atoms with van der Waals surface area (Å²) in [6.07, 6.45) is 0. The maximum Gasteiger partial charge on any atom is 2.00 e. The Bertz CT molecular complexity index is 289. The van der Waals surface area contributed by atoms with Crippen molar-refractivity contribution < 1.29 is 36.2 Å². The average molecular weight is 258 g/mol. The zero-order valence-electron chi connectivity index (χ0n) is 8.15. The zero-order chi connectivity index (χ0) is 9.14. The van der Waals surface area contributed by atoms with E-state index in [1.54, 1.807) is 0 Å². The molecule has 0 aliphatic heterocycles. The number of carboxylic acids is 2. The van der Waals surface area contributed by atoms with Gasteiger partial charge in [0, 0.05) is 0 Å². The van der Waals surface area contributed by atoms with Gasteiger partial charge < -0.3 is 36.2 Å². The van der Waals surface area contributed by atoms with E-state index in [-0.39, 0.29) is 65.3 Å². The normalized spacial score (nSPS) is 7.00. The minimum Gasteiger partial charge on any atom is -0.545 e. The fraction of sp³-hybridized carbons (Fsp3) is 0. The molecule has 0 fully saturated rings. The molecule has 0 radical (unpaired) electrons. The first-order chi connectivity index (χ1) is 5.61. The van der Waals surface area contributed by atoms with Crippen LogP contribution in [-0.2, 0) is 0 Å². The molecule has 0 aliphatic carbocycles. The van der Waals surface area contributed by atoms with Gasteiger partial charge in [0.1, 0.15) is 0 Å². The van der Waals surface area contributed by atoms with Gasteiger partial charge in [-0.2, -0.15) is 0 Å². The molecule has 0 aromatic heterocycles. The Morgan fingerprint density at radius 1 is 0.750 bits per heavy atom. The van der Waals surface area contributed by atoms with Crippen LogP contribution in [0.15, 0.2) is 24.3 Å². The van der Waals surface area contributed by atoms with Crippen molar-refractivity contribution in [1.82, 2.24) is 0 Å². The molecular formula is C8H10CaO7. The number of hydrogen-bond donors (Lipinski definition) is 0. The van der Waals surface area contributed by atoms with E-state index in [9.17, 15) is 19.8 Å². The van der Waals surface area contributed by atoms with Crippen molar-refractivity contribution in [3.05, 3.63) is 35.4 Å². The van der Waals surface area contributed by atoms with Crippen LogP contribution in [0.2, 0.25) is 0 Å². The molecule has 1 rings (SSSR count). The molecule has 0 spiro atoms. The summed E-state index contributed by atoms with van der Waals surface area (Å²) < 4.78 is 0. The molecule has 0 bridgehead atoms. The van der Waals surface area contributed by atoms with Crippen LogP contribution in [-0.4, -0.2) is 66.1 Å². The van der Waals surface area contributed by atoms with E-state index in [2.05, 4.69) is 0 Å². The molecular weight excluding hydrogens is 248 g/mol. The van der Waals surface area contributed by atoms with Gasteiger partial charge in [0.2, 0.25) is 0 Å². The van der Waals surface area contributed by atoms with Gasteiger partial charge in [-0.25, -0.2) is 0 Å². The summed E-state index contributed by atoms with van der Waals surface area (Å²) in [7, 11) is 0. The van der Waals surface area contributed by atoms with Crippen LogP contribution >= 0.6 is 0 Å². The number of rotatable bonds is 2. The second-order valence-electron chi connectivity index (χ2n) is 2.15. The van der Waals surface area contributed by atoms with E-state index in [4.69, 9.17) is 0 Å². The smallest absolute Gasteiger partial charge is 0.545 e. The summed E-state index contributed by atoms with van der Waals surface area (Å²) in [5.41, 5.74) is -0.111. The summed E-state index contributed by atoms with van der Waals surface area (Å²) >= 11 is 0. The number of carbonyl (C=O) groups is 2. The third-order valence-electron chi connectivity index (χ3n) is 1.36. The fourth-order valence-electron chi connectivity index (χ4n) is 0.742. The number of aromatic carboxylic acids is 2. The van der Waals surface area contributed by atoms with Crippen LogP contribution in [0, 0.1) is 0 Å². The van der Waals surface area contributed by atoms with E-state index < -0.39 is 11.9 Å². The van der Waals surface area contributed by atoms with Crippen molar-refractivity contribution in [3.8, 4) is 0 Å². The molecule has 0 atom stereocenters. The first-order valence-corrected chi connectivity index (χ1v) is 3.14. The maximum atomic E-state index is 10.2. The maximum absolute atomic E-state index is 10.2. The molecule has 0 heterocycles. The Hall–Kier alpha value is -0.700. The number of carbonyl (C=O) groups excluding carboxylic acids is 2. The first-order valence-electron chi connectivity index (χ1n) is 3.14. The van der Waals surface area contributed by atoms with Gasteiger partial charge >= 0.3 is 37.7 Å². The number of hydrogen-bond acceptors (Lipinski definition) is 4. The van der Waals surface area contributed by atoms with E-state index in [1.807, 2.05) is 0 Å². The van der Waals surface area contributed by atoms with Crippen LogP contribution < -0.4 is 10.2 Å². The predicted octanol–water partition coefficient (Wildman–Crippen LogP) is -4.44. The van der Waals surface area contributed by atoms with E-state index in [0.29, 0.717) is 0 Å². The average Bonchev–Trinajstić information content (AvgIpc) is 2.04.